The van der Waals surface area contributed by atoms with Gasteiger partial charge < -0.3 is 15.1 Å². The van der Waals surface area contributed by atoms with E-state index in [2.05, 4.69) is 5.32 Å². The lowest BCUT2D eigenvalue weighted by Gasteiger charge is -2.32. The van der Waals surface area contributed by atoms with Gasteiger partial charge in [0.1, 0.15) is 4.90 Å². The molecule has 10 heteroatoms. The van der Waals surface area contributed by atoms with Gasteiger partial charge >= 0.3 is 0 Å². The smallest absolute Gasteiger partial charge is 0.270 e. The van der Waals surface area contributed by atoms with Crippen LogP contribution in [0.4, 0.5) is 11.4 Å². The molecular formula is C15H25N5O4S+2. The maximum absolute atomic E-state index is 13.2. The number of quaternary nitrogens is 2. The van der Waals surface area contributed by atoms with Crippen LogP contribution in [0, 0.1) is 10.1 Å². The van der Waals surface area contributed by atoms with Crippen LogP contribution < -0.4 is 15.1 Å². The van der Waals surface area contributed by atoms with Crippen LogP contribution in [0.15, 0.2) is 23.1 Å². The standard InChI is InChI=1S/C15H23N5O4S/c1-17-8-10-19(11-9-17)25(23,24)15-12-13(20(21)22)2-3-14(15)18-6-4-16-5-7-18/h2-3,12,16H,4-11H2,1H3/p+2. The van der Waals surface area contributed by atoms with Gasteiger partial charge in [0.2, 0.25) is 10.0 Å². The van der Waals surface area contributed by atoms with Crippen LogP contribution in [-0.2, 0) is 10.0 Å². The van der Waals surface area contributed by atoms with E-state index in [9.17, 15) is 18.5 Å². The highest BCUT2D eigenvalue weighted by molar-refractivity contribution is 7.89. The molecule has 0 spiro atoms. The first kappa shape index (κ1) is 18.1. The molecule has 0 radical (unpaired) electrons. The molecule has 0 unspecified atom stereocenters. The van der Waals surface area contributed by atoms with Gasteiger partial charge in [-0.2, -0.15) is 4.31 Å². The summed E-state index contributed by atoms with van der Waals surface area (Å²) in [5.41, 5.74) is 0.385. The molecule has 25 heavy (non-hydrogen) atoms. The summed E-state index contributed by atoms with van der Waals surface area (Å²) >= 11 is 0. The van der Waals surface area contributed by atoms with E-state index in [0.29, 0.717) is 18.8 Å². The average molecular weight is 371 g/mol. The van der Waals surface area contributed by atoms with E-state index >= 15 is 0 Å². The molecule has 1 aromatic carbocycles. The quantitative estimate of drug-likeness (QED) is 0.450. The summed E-state index contributed by atoms with van der Waals surface area (Å²) in [6.07, 6.45) is 0. The molecule has 138 valence electrons. The van der Waals surface area contributed by atoms with Crippen LogP contribution in [-0.4, -0.2) is 77.1 Å². The molecule has 0 atom stereocenters. The van der Waals surface area contributed by atoms with E-state index in [1.54, 1.807) is 6.07 Å². The summed E-state index contributed by atoms with van der Waals surface area (Å²) in [5.74, 6) is 0. The molecule has 0 saturated carbocycles. The number of sulfonamides is 1. The van der Waals surface area contributed by atoms with Crippen LogP contribution in [0.25, 0.3) is 0 Å². The number of rotatable bonds is 4. The Balaban J connectivity index is 2.01. The topological polar surface area (TPSA) is 105 Å². The van der Waals surface area contributed by atoms with Crippen molar-refractivity contribution in [2.24, 2.45) is 0 Å². The number of hydrogen-bond acceptors (Lipinski definition) is 5. The Hall–Kier alpha value is -1.75. The fourth-order valence-corrected chi connectivity index (χ4v) is 5.00. The molecule has 2 saturated heterocycles. The van der Waals surface area contributed by atoms with Gasteiger partial charge in [-0.05, 0) is 6.07 Å². The molecule has 1 aromatic rings. The number of likely N-dealkylation sites (N-methyl/N-ethyl adjacent to an activating group) is 1. The maximum atomic E-state index is 13.2. The number of anilines is 1. The summed E-state index contributed by atoms with van der Waals surface area (Å²) in [5, 5.41) is 13.3. The third-order valence-corrected chi connectivity index (χ3v) is 6.82. The number of nitrogens with one attached hydrogen (secondary N) is 1. The summed E-state index contributed by atoms with van der Waals surface area (Å²) < 4.78 is 27.8. The van der Waals surface area contributed by atoms with Crippen molar-refractivity contribution in [3.8, 4) is 0 Å². The minimum Gasteiger partial charge on any atom is -0.359 e. The number of piperazine rings is 2. The van der Waals surface area contributed by atoms with Gasteiger partial charge in [0.15, 0.2) is 0 Å². The van der Waals surface area contributed by atoms with Crippen molar-refractivity contribution in [3.05, 3.63) is 28.3 Å². The molecular weight excluding hydrogens is 346 g/mol. The lowest BCUT2D eigenvalue weighted by Crippen LogP contribution is -3.12. The van der Waals surface area contributed by atoms with Crippen LogP contribution >= 0.6 is 0 Å². The zero-order valence-electron chi connectivity index (χ0n) is 14.3. The van der Waals surface area contributed by atoms with E-state index in [1.165, 1.54) is 21.3 Å². The molecule has 9 nitrogen and oxygen atoms in total. The summed E-state index contributed by atoms with van der Waals surface area (Å²) in [4.78, 5) is 14.0. The van der Waals surface area contributed by atoms with E-state index in [0.717, 1.165) is 39.3 Å². The molecule has 0 amide bonds. The predicted molar refractivity (Wildman–Crippen MR) is 92.3 cm³/mol. The maximum Gasteiger partial charge on any atom is 0.270 e. The highest BCUT2D eigenvalue weighted by atomic mass is 32.2. The summed E-state index contributed by atoms with van der Waals surface area (Å²) in [6, 6.07) is 4.19. The predicted octanol–water partition coefficient (Wildman–Crippen LogP) is -2.50. The lowest BCUT2D eigenvalue weighted by molar-refractivity contribution is -0.883. The zero-order chi connectivity index (χ0) is 18.0. The van der Waals surface area contributed by atoms with Crippen LogP contribution in [0.1, 0.15) is 0 Å². The van der Waals surface area contributed by atoms with Crippen molar-refractivity contribution in [3.63, 3.8) is 0 Å². The van der Waals surface area contributed by atoms with Gasteiger partial charge in [0.25, 0.3) is 5.69 Å². The molecule has 3 rings (SSSR count). The first-order chi connectivity index (χ1) is 11.9. The minimum absolute atomic E-state index is 0.0585. The first-order valence-corrected chi connectivity index (χ1v) is 10.00. The number of benzene rings is 1. The fraction of sp³-hybridized carbons (Fsp3) is 0.600. The van der Waals surface area contributed by atoms with E-state index in [4.69, 9.17) is 0 Å². The van der Waals surface area contributed by atoms with Gasteiger partial charge in [-0.25, -0.2) is 8.42 Å². The molecule has 2 fully saturated rings. The Morgan fingerprint density at radius 3 is 2.40 bits per heavy atom. The number of hydrogen-bond donors (Lipinski definition) is 2. The molecule has 2 aliphatic heterocycles. The largest absolute Gasteiger partial charge is 0.359 e. The second-order valence-corrected chi connectivity index (χ2v) is 8.53. The summed E-state index contributed by atoms with van der Waals surface area (Å²) in [7, 11) is -1.72. The van der Waals surface area contributed by atoms with Crippen LogP contribution in [0.5, 0.6) is 0 Å². The lowest BCUT2D eigenvalue weighted by atomic mass is 10.2. The van der Waals surface area contributed by atoms with Gasteiger partial charge in [-0.15, -0.1) is 0 Å². The van der Waals surface area contributed by atoms with Crippen molar-refractivity contribution in [2.45, 2.75) is 4.90 Å². The normalized spacial score (nSPS) is 20.6. The van der Waals surface area contributed by atoms with E-state index < -0.39 is 14.9 Å². The number of nitro benzene ring substituents is 1. The Morgan fingerprint density at radius 2 is 1.80 bits per heavy atom. The average Bonchev–Trinajstić information content (AvgIpc) is 2.62. The molecule has 2 aliphatic rings. The van der Waals surface area contributed by atoms with Crippen molar-refractivity contribution in [1.82, 2.24) is 4.31 Å². The number of nitrogens with zero attached hydrogens (tertiary/aromatic N) is 3. The number of nitrogens with two attached hydrogens (primary N) is 1. The van der Waals surface area contributed by atoms with E-state index in [1.807, 2.05) is 11.9 Å². The Bertz CT molecular complexity index is 740. The SMILES string of the molecule is C[NH+]1CCN(S(=O)(=O)c2cc([N+](=O)[O-])ccc2N2CC[NH2+]CC2)CC1. The second-order valence-electron chi connectivity index (χ2n) is 6.62. The minimum atomic E-state index is -3.76. The second kappa shape index (κ2) is 7.24. The van der Waals surface area contributed by atoms with Gasteiger partial charge in [-0.1, -0.05) is 0 Å². The Labute approximate surface area is 147 Å². The number of nitro groups is 1. The highest BCUT2D eigenvalue weighted by Gasteiger charge is 2.33. The van der Waals surface area contributed by atoms with Crippen molar-refractivity contribution < 1.29 is 23.6 Å². The Kier molecular flexibility index (Phi) is 5.23. The molecule has 0 aromatic heterocycles. The fourth-order valence-electron chi connectivity index (χ4n) is 3.32. The third kappa shape index (κ3) is 3.76. The van der Waals surface area contributed by atoms with Gasteiger partial charge in [-0.3, -0.25) is 10.1 Å². The third-order valence-electron chi connectivity index (χ3n) is 4.89. The summed E-state index contributed by atoms with van der Waals surface area (Å²) in [6.45, 7) is 5.57. The first-order valence-electron chi connectivity index (χ1n) is 8.56. The zero-order valence-corrected chi connectivity index (χ0v) is 15.2. The molecule has 0 bridgehead atoms. The van der Waals surface area contributed by atoms with Gasteiger partial charge in [0.05, 0.1) is 70.0 Å². The highest BCUT2D eigenvalue weighted by Crippen LogP contribution is 2.31. The molecule has 2 heterocycles. The van der Waals surface area contributed by atoms with Crippen molar-refractivity contribution in [2.75, 3.05) is 64.3 Å². The van der Waals surface area contributed by atoms with Crippen molar-refractivity contribution >= 4 is 21.4 Å². The monoisotopic (exact) mass is 371 g/mol. The van der Waals surface area contributed by atoms with Crippen LogP contribution in [0.2, 0.25) is 0 Å². The molecule has 0 aliphatic carbocycles. The molecule has 3 N–H and O–H groups in total. The van der Waals surface area contributed by atoms with E-state index in [-0.39, 0.29) is 10.6 Å². The number of non-ortho nitro benzene ring substituents is 1. The van der Waals surface area contributed by atoms with Gasteiger partial charge in [0, 0.05) is 12.1 Å². The van der Waals surface area contributed by atoms with Crippen LogP contribution in [0.3, 0.4) is 0 Å². The van der Waals surface area contributed by atoms with Crippen molar-refractivity contribution in [1.29, 1.82) is 0 Å². The Morgan fingerprint density at radius 1 is 1.16 bits per heavy atom.